The van der Waals surface area contributed by atoms with Crippen molar-refractivity contribution in [2.45, 2.75) is 12.5 Å². The topological polar surface area (TPSA) is 104 Å². The summed E-state index contributed by atoms with van der Waals surface area (Å²) in [6.45, 7) is 1.07. The summed E-state index contributed by atoms with van der Waals surface area (Å²) in [5.41, 5.74) is -1.06. The number of ether oxygens (including phenoxy) is 1. The van der Waals surface area contributed by atoms with Crippen LogP contribution in [0.4, 0.5) is 4.39 Å². The summed E-state index contributed by atoms with van der Waals surface area (Å²) < 4.78 is 18.3. The Hall–Kier alpha value is -2.48. The fourth-order valence-electron chi connectivity index (χ4n) is 1.95. The largest absolute Gasteiger partial charge is 0.479 e. The van der Waals surface area contributed by atoms with Crippen molar-refractivity contribution in [2.24, 2.45) is 0 Å². The molecule has 1 aromatic carbocycles. The minimum absolute atomic E-state index is 0.0465. The van der Waals surface area contributed by atoms with Gasteiger partial charge in [-0.2, -0.15) is 0 Å². The number of aliphatic carboxylic acids is 1. The molecule has 0 aliphatic heterocycles. The fraction of sp³-hybridized carbons (Fsp3) is 0.308. The van der Waals surface area contributed by atoms with Gasteiger partial charge in [-0.15, -0.1) is 0 Å². The van der Waals surface area contributed by atoms with Gasteiger partial charge in [0.2, 0.25) is 0 Å². The Morgan fingerprint density at radius 1 is 1.52 bits per heavy atom. The summed E-state index contributed by atoms with van der Waals surface area (Å²) in [7, 11) is 1.32. The zero-order valence-electron chi connectivity index (χ0n) is 11.4. The number of hydrogen-bond donors (Lipinski definition) is 3. The monoisotopic (exact) mass is 295 g/mol. The molecule has 112 valence electrons. The van der Waals surface area contributed by atoms with Crippen LogP contribution in [-0.2, 0) is 9.53 Å². The third kappa shape index (κ3) is 2.84. The first-order chi connectivity index (χ1) is 9.87. The summed E-state index contributed by atoms with van der Waals surface area (Å²) in [5.74, 6) is -2.62. The van der Waals surface area contributed by atoms with E-state index in [1.807, 2.05) is 0 Å². The maximum absolute atomic E-state index is 13.5. The van der Waals surface area contributed by atoms with Crippen LogP contribution in [-0.4, -0.2) is 46.2 Å². The third-order valence-electron chi connectivity index (χ3n) is 3.03. The lowest BCUT2D eigenvalue weighted by atomic mass is 10.0. The van der Waals surface area contributed by atoms with Gasteiger partial charge in [-0.3, -0.25) is 4.79 Å². The van der Waals surface area contributed by atoms with Gasteiger partial charge in [-0.25, -0.2) is 14.2 Å². The SMILES string of the molecule is COCC(C)(NC(=O)c1cc(F)cc2[nH]cnc12)C(=O)O. The second kappa shape index (κ2) is 5.49. The Morgan fingerprint density at radius 3 is 2.86 bits per heavy atom. The number of aromatic nitrogens is 2. The molecule has 0 saturated heterocycles. The molecular weight excluding hydrogens is 281 g/mol. The lowest BCUT2D eigenvalue weighted by Crippen LogP contribution is -2.55. The molecular formula is C13H14FN3O4. The van der Waals surface area contributed by atoms with E-state index >= 15 is 0 Å². The first kappa shape index (κ1) is 14.9. The molecule has 1 unspecified atom stereocenters. The maximum atomic E-state index is 13.5. The molecule has 1 atom stereocenters. The Morgan fingerprint density at radius 2 is 2.24 bits per heavy atom. The maximum Gasteiger partial charge on any atom is 0.331 e. The second-order valence-electron chi connectivity index (χ2n) is 4.78. The molecule has 0 aliphatic carbocycles. The minimum Gasteiger partial charge on any atom is -0.479 e. The molecule has 1 heterocycles. The van der Waals surface area contributed by atoms with Gasteiger partial charge >= 0.3 is 5.97 Å². The standard InChI is InChI=1S/C13H14FN3O4/c1-13(5-21-2,12(19)20)17-11(18)8-3-7(14)4-9-10(8)16-6-15-9/h3-4,6H,5H2,1-2H3,(H,15,16)(H,17,18)(H,19,20). The van der Waals surface area contributed by atoms with E-state index in [-0.39, 0.29) is 17.7 Å². The van der Waals surface area contributed by atoms with Gasteiger partial charge in [0.1, 0.15) is 11.3 Å². The smallest absolute Gasteiger partial charge is 0.331 e. The van der Waals surface area contributed by atoms with Crippen LogP contribution in [0.2, 0.25) is 0 Å². The number of amides is 1. The Bertz CT molecular complexity index is 700. The van der Waals surface area contributed by atoms with Crippen molar-refractivity contribution in [1.82, 2.24) is 15.3 Å². The van der Waals surface area contributed by atoms with Crippen LogP contribution in [0, 0.1) is 5.82 Å². The number of fused-ring (bicyclic) bond motifs is 1. The number of carboxylic acids is 1. The lowest BCUT2D eigenvalue weighted by molar-refractivity contribution is -0.145. The molecule has 0 bridgehead atoms. The number of aromatic amines is 1. The van der Waals surface area contributed by atoms with Crippen LogP contribution in [0.5, 0.6) is 0 Å². The summed E-state index contributed by atoms with van der Waals surface area (Å²) in [6, 6.07) is 2.21. The number of nitrogens with one attached hydrogen (secondary N) is 2. The number of imidazole rings is 1. The van der Waals surface area contributed by atoms with Gasteiger partial charge in [-0.1, -0.05) is 0 Å². The molecule has 0 radical (unpaired) electrons. The van der Waals surface area contributed by atoms with Crippen molar-refractivity contribution >= 4 is 22.9 Å². The van der Waals surface area contributed by atoms with Crippen LogP contribution in [0.3, 0.4) is 0 Å². The van der Waals surface area contributed by atoms with E-state index in [1.54, 1.807) is 0 Å². The number of nitrogens with zero attached hydrogens (tertiary/aromatic N) is 1. The Kier molecular flexibility index (Phi) is 3.90. The van der Waals surface area contributed by atoms with Crippen molar-refractivity contribution in [1.29, 1.82) is 0 Å². The summed E-state index contributed by atoms with van der Waals surface area (Å²) in [6.07, 6.45) is 1.33. The molecule has 0 fully saturated rings. The van der Waals surface area contributed by atoms with E-state index in [0.717, 1.165) is 6.07 Å². The van der Waals surface area contributed by atoms with E-state index < -0.39 is 23.2 Å². The quantitative estimate of drug-likeness (QED) is 0.761. The molecule has 1 aromatic heterocycles. The molecule has 8 heteroatoms. The van der Waals surface area contributed by atoms with Crippen molar-refractivity contribution in [3.63, 3.8) is 0 Å². The van der Waals surface area contributed by atoms with E-state index in [0.29, 0.717) is 5.52 Å². The summed E-state index contributed by atoms with van der Waals surface area (Å²) >= 11 is 0. The van der Waals surface area contributed by atoms with Crippen LogP contribution in [0.25, 0.3) is 11.0 Å². The first-order valence-electron chi connectivity index (χ1n) is 6.05. The normalized spacial score (nSPS) is 13.9. The van der Waals surface area contributed by atoms with Crippen molar-refractivity contribution in [3.8, 4) is 0 Å². The highest BCUT2D eigenvalue weighted by molar-refractivity contribution is 6.06. The average molecular weight is 295 g/mol. The Labute approximate surface area is 119 Å². The molecule has 21 heavy (non-hydrogen) atoms. The van der Waals surface area contributed by atoms with Crippen LogP contribution in [0.15, 0.2) is 18.5 Å². The highest BCUT2D eigenvalue weighted by atomic mass is 19.1. The van der Waals surface area contributed by atoms with E-state index in [9.17, 15) is 19.1 Å². The zero-order chi connectivity index (χ0) is 15.6. The number of rotatable bonds is 5. The highest BCUT2D eigenvalue weighted by Crippen LogP contribution is 2.18. The molecule has 7 nitrogen and oxygen atoms in total. The zero-order valence-corrected chi connectivity index (χ0v) is 11.4. The van der Waals surface area contributed by atoms with Crippen molar-refractivity contribution in [2.75, 3.05) is 13.7 Å². The van der Waals surface area contributed by atoms with E-state index in [4.69, 9.17) is 4.74 Å². The predicted molar refractivity (Wildman–Crippen MR) is 71.4 cm³/mol. The van der Waals surface area contributed by atoms with Gasteiger partial charge in [0.05, 0.1) is 24.0 Å². The van der Waals surface area contributed by atoms with E-state index in [2.05, 4.69) is 15.3 Å². The fourth-order valence-corrected chi connectivity index (χ4v) is 1.95. The van der Waals surface area contributed by atoms with Gasteiger partial charge in [0.15, 0.2) is 5.54 Å². The number of H-pyrrole nitrogens is 1. The highest BCUT2D eigenvalue weighted by Gasteiger charge is 2.35. The molecule has 0 spiro atoms. The summed E-state index contributed by atoms with van der Waals surface area (Å²) in [4.78, 5) is 30.2. The van der Waals surface area contributed by atoms with Crippen molar-refractivity contribution in [3.05, 3.63) is 29.8 Å². The lowest BCUT2D eigenvalue weighted by Gasteiger charge is -2.25. The Balaban J connectivity index is 2.38. The number of carbonyl (C=O) groups excluding carboxylic acids is 1. The number of carbonyl (C=O) groups is 2. The van der Waals surface area contributed by atoms with E-state index in [1.165, 1.54) is 26.4 Å². The van der Waals surface area contributed by atoms with Gasteiger partial charge in [-0.05, 0) is 19.1 Å². The first-order valence-corrected chi connectivity index (χ1v) is 6.05. The molecule has 2 aromatic rings. The molecule has 0 aliphatic rings. The number of methoxy groups -OCH3 is 1. The summed E-state index contributed by atoms with van der Waals surface area (Å²) in [5, 5.41) is 11.5. The number of halogens is 1. The minimum atomic E-state index is -1.62. The van der Waals surface area contributed by atoms with Crippen LogP contribution >= 0.6 is 0 Å². The number of benzene rings is 1. The predicted octanol–water partition coefficient (Wildman–Crippen LogP) is 0.922. The molecule has 3 N–H and O–H groups in total. The number of hydrogen-bond acceptors (Lipinski definition) is 4. The second-order valence-corrected chi connectivity index (χ2v) is 4.78. The number of carboxylic acid groups (broad SMARTS) is 1. The van der Waals surface area contributed by atoms with Crippen LogP contribution in [0.1, 0.15) is 17.3 Å². The van der Waals surface area contributed by atoms with Gasteiger partial charge in [0.25, 0.3) is 5.91 Å². The molecule has 1 amide bonds. The van der Waals surface area contributed by atoms with Crippen molar-refractivity contribution < 1.29 is 23.8 Å². The molecule has 2 rings (SSSR count). The average Bonchev–Trinajstić information content (AvgIpc) is 2.85. The molecule has 0 saturated carbocycles. The van der Waals surface area contributed by atoms with Gasteiger partial charge < -0.3 is 20.1 Å². The third-order valence-corrected chi connectivity index (χ3v) is 3.03. The van der Waals surface area contributed by atoms with Crippen LogP contribution < -0.4 is 5.32 Å². The van der Waals surface area contributed by atoms with Gasteiger partial charge in [0, 0.05) is 7.11 Å².